The van der Waals surface area contributed by atoms with Gasteiger partial charge in [0.1, 0.15) is 16.3 Å². The van der Waals surface area contributed by atoms with Gasteiger partial charge in [-0.1, -0.05) is 31.5 Å². The molecule has 5 heterocycles. The molecule has 48 heavy (non-hydrogen) atoms. The van der Waals surface area contributed by atoms with Crippen LogP contribution in [0.25, 0.3) is 11.1 Å². The number of nitrogens with zero attached hydrogens (tertiary/aromatic N) is 3. The average molecular weight is 708 g/mol. The Kier molecular flexibility index (Phi) is 9.33. The molecule has 2 aliphatic rings. The number of carbonyl (C=O) groups excluding carboxylic acids is 2. The fourth-order valence-corrected chi connectivity index (χ4v) is 8.02. The molecule has 14 heteroatoms. The third-order valence-electron chi connectivity index (χ3n) is 8.88. The summed E-state index contributed by atoms with van der Waals surface area (Å²) in [6, 6.07) is 9.61. The highest BCUT2D eigenvalue weighted by atomic mass is 32.1. The molecule has 1 saturated heterocycles. The minimum absolute atomic E-state index is 0.0153. The first-order chi connectivity index (χ1) is 22.8. The quantitative estimate of drug-likeness (QED) is 0.180. The van der Waals surface area contributed by atoms with E-state index in [0.717, 1.165) is 46.6 Å². The van der Waals surface area contributed by atoms with E-state index in [-0.39, 0.29) is 44.6 Å². The lowest BCUT2D eigenvalue weighted by molar-refractivity contribution is -0.160. The van der Waals surface area contributed by atoms with E-state index in [1.54, 1.807) is 23.2 Å². The van der Waals surface area contributed by atoms with Gasteiger partial charge in [0.2, 0.25) is 5.60 Å². The molecule has 0 spiro atoms. The van der Waals surface area contributed by atoms with Crippen LogP contribution in [0.1, 0.15) is 64.7 Å². The van der Waals surface area contributed by atoms with Gasteiger partial charge in [-0.3, -0.25) is 14.6 Å². The van der Waals surface area contributed by atoms with Crippen molar-refractivity contribution in [3.8, 4) is 16.9 Å². The van der Waals surface area contributed by atoms with Crippen molar-refractivity contribution in [2.24, 2.45) is 0 Å². The number of amides is 2. The lowest BCUT2D eigenvalue weighted by atomic mass is 9.79. The first kappa shape index (κ1) is 34.0. The summed E-state index contributed by atoms with van der Waals surface area (Å²) in [5.41, 5.74) is 0.204. The van der Waals surface area contributed by atoms with Crippen molar-refractivity contribution in [1.29, 1.82) is 0 Å². The normalized spacial score (nSPS) is 20.0. The SMILES string of the molecule is CCC[C@H]1N(C(=O)c2ncccc2C(F)(F)F)CCC[C@]1(Oc1csc(C(F)(F)F)c1)C(=O)N1CCc2cc(-c3ccsc3)ccc2C1. The summed E-state index contributed by atoms with van der Waals surface area (Å²) in [4.78, 5) is 34.4. The van der Waals surface area contributed by atoms with Crippen molar-refractivity contribution in [2.45, 2.75) is 69.6 Å². The molecule has 2 aliphatic heterocycles. The molecule has 0 bridgehead atoms. The number of benzene rings is 1. The molecular weight excluding hydrogens is 677 g/mol. The predicted octanol–water partition coefficient (Wildman–Crippen LogP) is 8.72. The van der Waals surface area contributed by atoms with Crippen LogP contribution in [-0.4, -0.2) is 51.3 Å². The van der Waals surface area contributed by atoms with E-state index < -0.39 is 51.9 Å². The Bertz CT molecular complexity index is 1790. The number of aromatic nitrogens is 1. The molecule has 1 aromatic carbocycles. The molecule has 254 valence electrons. The number of carbonyl (C=O) groups is 2. The Morgan fingerprint density at radius 2 is 1.81 bits per heavy atom. The molecule has 6 nitrogen and oxygen atoms in total. The van der Waals surface area contributed by atoms with Crippen LogP contribution in [0.5, 0.6) is 5.75 Å². The van der Waals surface area contributed by atoms with E-state index >= 15 is 0 Å². The predicted molar refractivity (Wildman–Crippen MR) is 170 cm³/mol. The largest absolute Gasteiger partial charge is 0.474 e. The topological polar surface area (TPSA) is 62.7 Å². The third kappa shape index (κ3) is 6.56. The number of hydrogen-bond acceptors (Lipinski definition) is 6. The lowest BCUT2D eigenvalue weighted by Crippen LogP contribution is -2.68. The Morgan fingerprint density at radius 1 is 1.00 bits per heavy atom. The molecule has 2 amide bonds. The molecule has 2 atom stereocenters. The molecular formula is C34H31F6N3O3S2. The minimum atomic E-state index is -4.87. The second kappa shape index (κ2) is 13.2. The van der Waals surface area contributed by atoms with Crippen molar-refractivity contribution in [3.05, 3.63) is 92.1 Å². The van der Waals surface area contributed by atoms with Crippen molar-refractivity contribution < 1.29 is 40.7 Å². The number of ether oxygens (including phenoxy) is 1. The first-order valence-electron chi connectivity index (χ1n) is 15.4. The summed E-state index contributed by atoms with van der Waals surface area (Å²) in [7, 11) is 0. The zero-order valence-electron chi connectivity index (χ0n) is 25.7. The molecule has 0 aliphatic carbocycles. The van der Waals surface area contributed by atoms with Crippen LogP contribution in [0, 0.1) is 0 Å². The van der Waals surface area contributed by atoms with Gasteiger partial charge in [0.15, 0.2) is 0 Å². The van der Waals surface area contributed by atoms with E-state index in [0.29, 0.717) is 24.2 Å². The van der Waals surface area contributed by atoms with Crippen molar-refractivity contribution in [3.63, 3.8) is 0 Å². The smallest absolute Gasteiger partial charge is 0.425 e. The van der Waals surface area contributed by atoms with Crippen molar-refractivity contribution >= 4 is 34.5 Å². The van der Waals surface area contributed by atoms with Gasteiger partial charge in [0.25, 0.3) is 11.8 Å². The number of hydrogen-bond donors (Lipinski definition) is 0. The molecule has 0 radical (unpaired) electrons. The van der Waals surface area contributed by atoms with Crippen LogP contribution in [0.2, 0.25) is 0 Å². The highest BCUT2D eigenvalue weighted by molar-refractivity contribution is 7.10. The fraction of sp³-hybridized carbons (Fsp3) is 0.382. The van der Waals surface area contributed by atoms with Crippen LogP contribution in [-0.2, 0) is 30.1 Å². The molecule has 0 unspecified atom stereocenters. The third-order valence-corrected chi connectivity index (χ3v) is 10.5. The monoisotopic (exact) mass is 707 g/mol. The van der Waals surface area contributed by atoms with E-state index in [4.69, 9.17) is 4.74 Å². The maximum absolute atomic E-state index is 14.8. The Hall–Kier alpha value is -3.91. The standard InChI is InChI=1S/C34H31F6N3O3S2/c1-2-5-27-32(46-25-17-28(48-20-25)34(38,39)40,11-4-13-43(27)30(44)29-26(33(35,36)37)6-3-12-41-29)31(45)42-14-9-22-16-21(7-8-23(22)18-42)24-10-15-47-19-24/h3,6-8,10,12,15-17,19-20,27H,2,4-5,9,11,13-14,18H2,1H3/t27-,32-/m1/s1. The summed E-state index contributed by atoms with van der Waals surface area (Å²) in [6.45, 7) is 2.29. The number of alkyl halides is 6. The van der Waals surface area contributed by atoms with Crippen LogP contribution in [0.3, 0.4) is 0 Å². The van der Waals surface area contributed by atoms with E-state index in [1.165, 1.54) is 10.3 Å². The molecule has 4 aromatic rings. The van der Waals surface area contributed by atoms with Gasteiger partial charge >= 0.3 is 12.4 Å². The van der Waals surface area contributed by atoms with Gasteiger partial charge in [-0.05, 0) is 70.5 Å². The summed E-state index contributed by atoms with van der Waals surface area (Å²) < 4.78 is 89.1. The number of rotatable bonds is 7. The highest BCUT2D eigenvalue weighted by Crippen LogP contribution is 2.43. The highest BCUT2D eigenvalue weighted by Gasteiger charge is 2.56. The molecule has 1 fully saturated rings. The van der Waals surface area contributed by atoms with E-state index in [1.807, 2.05) is 29.0 Å². The van der Waals surface area contributed by atoms with E-state index in [9.17, 15) is 35.9 Å². The van der Waals surface area contributed by atoms with Crippen LogP contribution < -0.4 is 4.74 Å². The summed E-state index contributed by atoms with van der Waals surface area (Å²) in [5.74, 6) is -1.74. The minimum Gasteiger partial charge on any atom is -0.474 e. The van der Waals surface area contributed by atoms with Gasteiger partial charge in [-0.25, -0.2) is 0 Å². The Morgan fingerprint density at radius 3 is 2.50 bits per heavy atom. The molecule has 3 aromatic heterocycles. The number of likely N-dealkylation sites (tertiary alicyclic amines) is 1. The number of fused-ring (bicyclic) bond motifs is 1. The lowest BCUT2D eigenvalue weighted by Gasteiger charge is -2.50. The number of halogens is 6. The number of piperidine rings is 1. The van der Waals surface area contributed by atoms with Crippen LogP contribution >= 0.6 is 22.7 Å². The first-order valence-corrected chi connectivity index (χ1v) is 17.3. The molecule has 6 rings (SSSR count). The second-order valence-corrected chi connectivity index (χ2v) is 13.6. The zero-order valence-corrected chi connectivity index (χ0v) is 27.4. The summed E-state index contributed by atoms with van der Waals surface area (Å²) in [5, 5.41) is 5.20. The Labute approximate surface area is 281 Å². The van der Waals surface area contributed by atoms with Crippen LogP contribution in [0.4, 0.5) is 26.3 Å². The molecule has 0 saturated carbocycles. The van der Waals surface area contributed by atoms with Gasteiger partial charge in [0, 0.05) is 43.7 Å². The number of pyridine rings is 1. The van der Waals surface area contributed by atoms with Crippen molar-refractivity contribution in [1.82, 2.24) is 14.8 Å². The van der Waals surface area contributed by atoms with Gasteiger partial charge in [-0.2, -0.15) is 37.7 Å². The zero-order chi connectivity index (χ0) is 34.3. The van der Waals surface area contributed by atoms with Crippen molar-refractivity contribution in [2.75, 3.05) is 13.1 Å². The summed E-state index contributed by atoms with van der Waals surface area (Å²) in [6.07, 6.45) is -7.14. The average Bonchev–Trinajstić information content (AvgIpc) is 3.77. The summed E-state index contributed by atoms with van der Waals surface area (Å²) >= 11 is 2.00. The van der Waals surface area contributed by atoms with Crippen LogP contribution in [0.15, 0.2) is 64.8 Å². The number of thiophene rings is 2. The van der Waals surface area contributed by atoms with Gasteiger partial charge in [-0.15, -0.1) is 11.3 Å². The maximum atomic E-state index is 14.8. The fourth-order valence-electron chi connectivity index (χ4n) is 6.68. The Balaban J connectivity index is 1.39. The molecule has 0 N–H and O–H groups in total. The van der Waals surface area contributed by atoms with Gasteiger partial charge in [0.05, 0.1) is 11.6 Å². The van der Waals surface area contributed by atoms with Gasteiger partial charge < -0.3 is 14.5 Å². The second-order valence-electron chi connectivity index (χ2n) is 11.9. The van der Waals surface area contributed by atoms with E-state index in [2.05, 4.69) is 11.1 Å². The maximum Gasteiger partial charge on any atom is 0.425 e.